The number of aldehydes is 1. The van der Waals surface area contributed by atoms with Crippen LogP contribution in [0.2, 0.25) is 0 Å². The van der Waals surface area contributed by atoms with Gasteiger partial charge in [0.2, 0.25) is 18.1 Å². The third-order valence-corrected chi connectivity index (χ3v) is 2.55. The molecule has 0 bridgehead atoms. The molecule has 98 valence electrons. The summed E-state index contributed by atoms with van der Waals surface area (Å²) in [4.78, 5) is 14.6. The van der Waals surface area contributed by atoms with E-state index in [0.717, 1.165) is 11.1 Å². The second-order valence-electron chi connectivity index (χ2n) is 4.16. The van der Waals surface area contributed by atoms with Crippen molar-refractivity contribution in [1.29, 1.82) is 0 Å². The lowest BCUT2D eigenvalue weighted by molar-refractivity contribution is -0.755. The van der Waals surface area contributed by atoms with Crippen molar-refractivity contribution < 1.29 is 19.1 Å². The molecule has 0 atom stereocenters. The maximum absolute atomic E-state index is 11.0. The van der Waals surface area contributed by atoms with E-state index in [0.29, 0.717) is 12.8 Å². The molecular formula is C13H13N3O3. The van der Waals surface area contributed by atoms with Crippen LogP contribution in [0.1, 0.15) is 28.5 Å². The Kier molecular flexibility index (Phi) is 3.70. The lowest BCUT2D eigenvalue weighted by atomic mass is 10.1. The molecule has 1 aromatic heterocycles. The maximum atomic E-state index is 11.0. The van der Waals surface area contributed by atoms with Crippen LogP contribution in [-0.2, 0) is 6.54 Å². The Labute approximate surface area is 110 Å². The van der Waals surface area contributed by atoms with Gasteiger partial charge in [-0.05, 0) is 24.4 Å². The van der Waals surface area contributed by atoms with Crippen LogP contribution in [0.5, 0.6) is 0 Å². The number of hydrogen-bond donors (Lipinski definition) is 0. The molecule has 1 heterocycles. The van der Waals surface area contributed by atoms with Crippen LogP contribution in [0.4, 0.5) is 5.88 Å². The van der Waals surface area contributed by atoms with Gasteiger partial charge in [0, 0.05) is 5.56 Å². The molecule has 0 aliphatic rings. The average molecular weight is 259 g/mol. The second kappa shape index (κ2) is 5.43. The highest BCUT2D eigenvalue weighted by atomic mass is 16.5. The molecular weight excluding hydrogens is 246 g/mol. The normalized spacial score (nSPS) is 11.6. The summed E-state index contributed by atoms with van der Waals surface area (Å²) in [6.45, 7) is 3.65. The van der Waals surface area contributed by atoms with Gasteiger partial charge in [-0.25, -0.2) is 4.99 Å². The monoisotopic (exact) mass is 259 g/mol. The number of nitrogens with zero attached hydrogens (tertiary/aromatic N) is 3. The van der Waals surface area contributed by atoms with Crippen molar-refractivity contribution in [3.8, 4) is 0 Å². The first-order valence-electron chi connectivity index (χ1n) is 5.73. The van der Waals surface area contributed by atoms with Gasteiger partial charge in [-0.3, -0.25) is 9.32 Å². The van der Waals surface area contributed by atoms with Gasteiger partial charge < -0.3 is 5.11 Å². The van der Waals surface area contributed by atoms with Crippen LogP contribution in [0, 0.1) is 6.92 Å². The van der Waals surface area contributed by atoms with Crippen LogP contribution in [0.15, 0.2) is 33.8 Å². The number of carbonyl (C=O) groups is 1. The van der Waals surface area contributed by atoms with E-state index >= 15 is 0 Å². The van der Waals surface area contributed by atoms with Crippen molar-refractivity contribution in [1.82, 2.24) is 5.27 Å². The summed E-state index contributed by atoms with van der Waals surface area (Å²) in [6.07, 6.45) is 0.576. The number of benzene rings is 1. The van der Waals surface area contributed by atoms with Crippen LogP contribution in [0.3, 0.4) is 0 Å². The summed E-state index contributed by atoms with van der Waals surface area (Å²) in [6, 6.07) is 7.82. The molecule has 0 fully saturated rings. The minimum absolute atomic E-state index is 0.0605. The van der Waals surface area contributed by atoms with Crippen LogP contribution in [-0.4, -0.2) is 17.5 Å². The van der Waals surface area contributed by atoms with Crippen LogP contribution in [0.25, 0.3) is 0 Å². The molecule has 0 saturated heterocycles. The molecule has 0 saturated carbocycles. The van der Waals surface area contributed by atoms with E-state index in [9.17, 15) is 9.90 Å². The van der Waals surface area contributed by atoms with Crippen LogP contribution >= 0.6 is 0 Å². The Hall–Kier alpha value is -2.50. The van der Waals surface area contributed by atoms with Gasteiger partial charge in [-0.1, -0.05) is 29.8 Å². The molecule has 6 heteroatoms. The molecule has 19 heavy (non-hydrogen) atoms. The molecule has 0 spiro atoms. The Morgan fingerprint density at radius 3 is 2.74 bits per heavy atom. The van der Waals surface area contributed by atoms with E-state index in [1.54, 1.807) is 0 Å². The molecule has 1 aromatic carbocycles. The molecule has 0 aliphatic carbocycles. The van der Waals surface area contributed by atoms with Gasteiger partial charge in [0.05, 0.1) is 0 Å². The lowest BCUT2D eigenvalue weighted by Gasteiger charge is -1.97. The van der Waals surface area contributed by atoms with Crippen molar-refractivity contribution in [3.63, 3.8) is 0 Å². The number of aromatic nitrogens is 2. The zero-order chi connectivity index (χ0) is 13.8. The summed E-state index contributed by atoms with van der Waals surface area (Å²) in [5.41, 5.74) is 2.27. The predicted octanol–water partition coefficient (Wildman–Crippen LogP) is 0.542. The third-order valence-electron chi connectivity index (χ3n) is 2.55. The summed E-state index contributed by atoms with van der Waals surface area (Å²) in [7, 11) is 0. The van der Waals surface area contributed by atoms with Crippen molar-refractivity contribution in [2.24, 2.45) is 4.99 Å². The Bertz CT molecular complexity index is 611. The highest BCUT2D eigenvalue weighted by molar-refractivity contribution is 5.79. The molecule has 0 radical (unpaired) electrons. The van der Waals surface area contributed by atoms with Crippen molar-refractivity contribution >= 4 is 18.1 Å². The standard InChI is InChI=1S/C13H13N3O3/c1-9-3-5-11(6-4-9)7-16-12(8-17)13(19-15-16)14-10(2)18/h3-6,8H,7H2,1-2H3. The molecule has 0 aliphatic heterocycles. The first-order valence-corrected chi connectivity index (χ1v) is 5.73. The highest BCUT2D eigenvalue weighted by Crippen LogP contribution is 2.13. The van der Waals surface area contributed by atoms with Crippen LogP contribution < -0.4 is 9.79 Å². The smallest absolute Gasteiger partial charge is 0.339 e. The summed E-state index contributed by atoms with van der Waals surface area (Å²) in [5.74, 6) is -0.503. The minimum Gasteiger partial charge on any atom is -0.862 e. The lowest BCUT2D eigenvalue weighted by Crippen LogP contribution is -2.39. The molecule has 2 aromatic rings. The summed E-state index contributed by atoms with van der Waals surface area (Å²) < 4.78 is 6.26. The van der Waals surface area contributed by atoms with E-state index in [1.165, 1.54) is 11.6 Å². The largest absolute Gasteiger partial charge is 0.862 e. The quantitative estimate of drug-likeness (QED) is 0.347. The van der Waals surface area contributed by atoms with E-state index in [4.69, 9.17) is 4.52 Å². The van der Waals surface area contributed by atoms with Gasteiger partial charge in [-0.15, -0.1) is 0 Å². The fourth-order valence-electron chi connectivity index (χ4n) is 1.60. The Balaban J connectivity index is 2.30. The number of carbonyl (C=O) groups excluding carboxylic acids is 1. The van der Waals surface area contributed by atoms with E-state index in [-0.39, 0.29) is 11.6 Å². The number of rotatable bonds is 4. The van der Waals surface area contributed by atoms with Gasteiger partial charge in [-0.2, -0.15) is 0 Å². The molecule has 0 N–H and O–H groups in total. The van der Waals surface area contributed by atoms with E-state index in [1.807, 2.05) is 31.2 Å². The first kappa shape index (κ1) is 12.9. The number of aryl methyl sites for hydroxylation is 1. The molecule has 6 nitrogen and oxygen atoms in total. The third kappa shape index (κ3) is 3.04. The van der Waals surface area contributed by atoms with Gasteiger partial charge in [0.25, 0.3) is 0 Å². The van der Waals surface area contributed by atoms with Gasteiger partial charge in [0.15, 0.2) is 0 Å². The topological polar surface area (TPSA) is 82.4 Å². The van der Waals surface area contributed by atoms with Crippen molar-refractivity contribution in [3.05, 3.63) is 41.1 Å². The zero-order valence-electron chi connectivity index (χ0n) is 10.7. The maximum Gasteiger partial charge on any atom is 0.339 e. The number of aliphatic imine (C=N–C) groups is 1. The fourth-order valence-corrected chi connectivity index (χ4v) is 1.60. The summed E-state index contributed by atoms with van der Waals surface area (Å²) in [5, 5.41) is 14.6. The van der Waals surface area contributed by atoms with E-state index < -0.39 is 5.90 Å². The Morgan fingerprint density at radius 1 is 1.47 bits per heavy atom. The highest BCUT2D eigenvalue weighted by Gasteiger charge is 2.23. The fraction of sp³-hybridized carbons (Fsp3) is 0.231. The first-order chi connectivity index (χ1) is 9.10. The van der Waals surface area contributed by atoms with Gasteiger partial charge >= 0.3 is 11.6 Å². The number of hydrogen-bond acceptors (Lipinski definition) is 5. The molecule has 2 rings (SSSR count). The second-order valence-corrected chi connectivity index (χ2v) is 4.16. The molecule has 0 unspecified atom stereocenters. The minimum atomic E-state index is -0.443. The van der Waals surface area contributed by atoms with Crippen molar-refractivity contribution in [2.75, 3.05) is 0 Å². The predicted molar refractivity (Wildman–Crippen MR) is 65.1 cm³/mol. The SMILES string of the molecule is C/C([O-])=N\c1on[n+](Cc2ccc(C)cc2)c1C=O. The average Bonchev–Trinajstić information content (AvgIpc) is 2.73. The van der Waals surface area contributed by atoms with Gasteiger partial charge in [0.1, 0.15) is 0 Å². The summed E-state index contributed by atoms with van der Waals surface area (Å²) >= 11 is 0. The zero-order valence-corrected chi connectivity index (χ0v) is 10.7. The van der Waals surface area contributed by atoms with E-state index in [2.05, 4.69) is 10.3 Å². The van der Waals surface area contributed by atoms with Crippen molar-refractivity contribution in [2.45, 2.75) is 20.4 Å². The Morgan fingerprint density at radius 2 is 2.16 bits per heavy atom. The molecule has 0 amide bonds.